The third-order valence-corrected chi connectivity index (χ3v) is 6.75. The van der Waals surface area contributed by atoms with Crippen LogP contribution in [0.1, 0.15) is 23.1 Å². The molecule has 170 valence electrons. The lowest BCUT2D eigenvalue weighted by molar-refractivity contribution is 0.578. The zero-order valence-corrected chi connectivity index (χ0v) is 19.4. The molecule has 0 spiro atoms. The molecule has 33 heavy (non-hydrogen) atoms. The van der Waals surface area contributed by atoms with Gasteiger partial charge in [0.25, 0.3) is 5.56 Å². The Balaban J connectivity index is 1.71. The van der Waals surface area contributed by atoms with E-state index in [1.54, 1.807) is 7.05 Å². The van der Waals surface area contributed by atoms with Gasteiger partial charge < -0.3 is 9.47 Å². The van der Waals surface area contributed by atoms with Gasteiger partial charge >= 0.3 is 5.69 Å². The summed E-state index contributed by atoms with van der Waals surface area (Å²) >= 11 is 6.16. The summed E-state index contributed by atoms with van der Waals surface area (Å²) in [7, 11) is 1.57. The fraction of sp³-hybridized carbons (Fsp3) is 0.292. The average molecular weight is 468 g/mol. The summed E-state index contributed by atoms with van der Waals surface area (Å²) < 4.78 is 18.6. The first kappa shape index (κ1) is 21.5. The number of anilines is 2. The van der Waals surface area contributed by atoms with Crippen LogP contribution in [0.3, 0.4) is 0 Å². The molecule has 0 bridgehead atoms. The summed E-state index contributed by atoms with van der Waals surface area (Å²) in [6.45, 7) is 5.21. The Kier molecular flexibility index (Phi) is 5.12. The summed E-state index contributed by atoms with van der Waals surface area (Å²) in [5, 5.41) is 0.167. The van der Waals surface area contributed by atoms with E-state index >= 15 is 0 Å². The van der Waals surface area contributed by atoms with Crippen LogP contribution in [-0.4, -0.2) is 25.2 Å². The maximum Gasteiger partial charge on any atom is 0.332 e. The van der Waals surface area contributed by atoms with Crippen molar-refractivity contribution in [3.05, 3.63) is 84.8 Å². The molecule has 1 aliphatic heterocycles. The standard InChI is InChI=1S/C24H23ClFN5O2/c1-14-8-9-16(12-15(14)2)29-10-5-11-30-20-21(27-23(29)30)28(3)24(33)31(22(20)32)13-17-18(25)6-4-7-19(17)26/h4,6-9,12H,5,10-11,13H2,1-3H3. The minimum absolute atomic E-state index is 0.104. The van der Waals surface area contributed by atoms with Crippen LogP contribution in [0.2, 0.25) is 5.02 Å². The first-order valence-electron chi connectivity index (χ1n) is 10.8. The quantitative estimate of drug-likeness (QED) is 0.458. The van der Waals surface area contributed by atoms with Gasteiger partial charge in [-0.1, -0.05) is 23.7 Å². The summed E-state index contributed by atoms with van der Waals surface area (Å²) in [6.07, 6.45) is 0.812. The van der Waals surface area contributed by atoms with Crippen LogP contribution in [0.15, 0.2) is 46.0 Å². The summed E-state index contributed by atoms with van der Waals surface area (Å²) in [5.74, 6) is 0.0565. The predicted octanol–water partition coefficient (Wildman–Crippen LogP) is 3.90. The van der Waals surface area contributed by atoms with E-state index in [0.29, 0.717) is 23.7 Å². The zero-order chi connectivity index (χ0) is 23.4. The Hall–Kier alpha value is -3.39. The Morgan fingerprint density at radius 2 is 1.88 bits per heavy atom. The number of nitrogens with zero attached hydrogens (tertiary/aromatic N) is 5. The topological polar surface area (TPSA) is 65.1 Å². The number of fused-ring (bicyclic) bond motifs is 3. The molecule has 0 saturated heterocycles. The molecular weight excluding hydrogens is 445 g/mol. The first-order valence-corrected chi connectivity index (χ1v) is 11.1. The molecule has 0 amide bonds. The largest absolute Gasteiger partial charge is 0.332 e. The molecule has 2 aromatic heterocycles. The van der Waals surface area contributed by atoms with Crippen molar-refractivity contribution in [3.8, 4) is 0 Å². The molecule has 0 aliphatic carbocycles. The van der Waals surface area contributed by atoms with Crippen molar-refractivity contribution in [2.75, 3.05) is 11.4 Å². The van der Waals surface area contributed by atoms with Gasteiger partial charge in [-0.3, -0.25) is 13.9 Å². The third-order valence-electron chi connectivity index (χ3n) is 6.40. The summed E-state index contributed by atoms with van der Waals surface area (Å²) in [5.41, 5.74) is 3.01. The fourth-order valence-electron chi connectivity index (χ4n) is 4.38. The van der Waals surface area contributed by atoms with Crippen molar-refractivity contribution < 1.29 is 4.39 Å². The minimum Gasteiger partial charge on any atom is -0.312 e. The lowest BCUT2D eigenvalue weighted by atomic mass is 10.1. The van der Waals surface area contributed by atoms with Gasteiger partial charge in [0, 0.05) is 36.4 Å². The van der Waals surface area contributed by atoms with Crippen molar-refractivity contribution in [2.45, 2.75) is 33.4 Å². The number of rotatable bonds is 3. The Morgan fingerprint density at radius 1 is 1.09 bits per heavy atom. The van der Waals surface area contributed by atoms with Crippen molar-refractivity contribution in [3.63, 3.8) is 0 Å². The van der Waals surface area contributed by atoms with E-state index in [0.717, 1.165) is 28.8 Å². The first-order chi connectivity index (χ1) is 15.8. The number of benzene rings is 2. The fourth-order valence-corrected chi connectivity index (χ4v) is 4.61. The van der Waals surface area contributed by atoms with E-state index < -0.39 is 17.1 Å². The molecule has 7 nitrogen and oxygen atoms in total. The second-order valence-corrected chi connectivity index (χ2v) is 8.85. The average Bonchev–Trinajstić information content (AvgIpc) is 3.19. The molecule has 3 heterocycles. The van der Waals surface area contributed by atoms with Gasteiger partial charge in [-0.05, 0) is 55.7 Å². The van der Waals surface area contributed by atoms with E-state index in [1.165, 1.54) is 28.3 Å². The number of hydrogen-bond donors (Lipinski definition) is 0. The van der Waals surface area contributed by atoms with Gasteiger partial charge in [-0.2, -0.15) is 4.98 Å². The van der Waals surface area contributed by atoms with Crippen LogP contribution >= 0.6 is 11.6 Å². The lowest BCUT2D eigenvalue weighted by Crippen LogP contribution is -2.40. The van der Waals surface area contributed by atoms with Crippen LogP contribution in [-0.2, 0) is 20.1 Å². The highest BCUT2D eigenvalue weighted by Crippen LogP contribution is 2.32. The Bertz CT molecular complexity index is 1510. The van der Waals surface area contributed by atoms with Gasteiger partial charge in [0.1, 0.15) is 5.82 Å². The van der Waals surface area contributed by atoms with E-state index in [-0.39, 0.29) is 17.1 Å². The predicted molar refractivity (Wildman–Crippen MR) is 127 cm³/mol. The highest BCUT2D eigenvalue weighted by Gasteiger charge is 2.27. The Morgan fingerprint density at radius 3 is 2.61 bits per heavy atom. The third kappa shape index (κ3) is 3.36. The maximum absolute atomic E-state index is 14.4. The maximum atomic E-state index is 14.4. The van der Waals surface area contributed by atoms with Crippen molar-refractivity contribution in [1.29, 1.82) is 0 Å². The molecule has 5 rings (SSSR count). The number of hydrogen-bond acceptors (Lipinski definition) is 4. The molecule has 0 unspecified atom stereocenters. The van der Waals surface area contributed by atoms with E-state index in [2.05, 4.69) is 30.9 Å². The molecule has 0 saturated carbocycles. The van der Waals surface area contributed by atoms with Crippen LogP contribution in [0.4, 0.5) is 16.0 Å². The number of aryl methyl sites for hydroxylation is 4. The van der Waals surface area contributed by atoms with Gasteiger partial charge in [0.05, 0.1) is 6.54 Å². The van der Waals surface area contributed by atoms with Gasteiger partial charge in [-0.15, -0.1) is 0 Å². The number of halogens is 2. The Labute approximate surface area is 194 Å². The molecule has 0 N–H and O–H groups in total. The normalized spacial score (nSPS) is 13.5. The molecular formula is C24H23ClFN5O2. The van der Waals surface area contributed by atoms with Gasteiger partial charge in [-0.25, -0.2) is 9.18 Å². The van der Waals surface area contributed by atoms with Crippen LogP contribution < -0.4 is 16.1 Å². The molecule has 2 aromatic carbocycles. The zero-order valence-electron chi connectivity index (χ0n) is 18.6. The van der Waals surface area contributed by atoms with Crippen molar-refractivity contribution >= 4 is 34.4 Å². The van der Waals surface area contributed by atoms with Crippen molar-refractivity contribution in [2.24, 2.45) is 7.05 Å². The highest BCUT2D eigenvalue weighted by atomic mass is 35.5. The second kappa shape index (κ2) is 7.88. The van der Waals surface area contributed by atoms with Gasteiger partial charge in [0.15, 0.2) is 11.2 Å². The van der Waals surface area contributed by atoms with Crippen LogP contribution in [0.25, 0.3) is 11.2 Å². The SMILES string of the molecule is Cc1ccc(N2CCCn3c2nc2c3c(=O)n(Cc3c(F)cccc3Cl)c(=O)n2C)cc1C. The van der Waals surface area contributed by atoms with E-state index in [9.17, 15) is 14.0 Å². The molecule has 0 atom stereocenters. The molecule has 9 heteroatoms. The highest BCUT2D eigenvalue weighted by molar-refractivity contribution is 6.31. The lowest BCUT2D eigenvalue weighted by Gasteiger charge is -2.29. The van der Waals surface area contributed by atoms with Crippen molar-refractivity contribution in [1.82, 2.24) is 18.7 Å². The van der Waals surface area contributed by atoms with Crippen LogP contribution in [0.5, 0.6) is 0 Å². The minimum atomic E-state index is -0.569. The molecule has 4 aromatic rings. The second-order valence-electron chi connectivity index (χ2n) is 8.44. The molecule has 1 aliphatic rings. The number of imidazole rings is 1. The van der Waals surface area contributed by atoms with E-state index in [1.807, 2.05) is 10.6 Å². The molecule has 0 radical (unpaired) electrons. The summed E-state index contributed by atoms with van der Waals surface area (Å²) in [6, 6.07) is 10.5. The molecule has 0 fully saturated rings. The van der Waals surface area contributed by atoms with E-state index in [4.69, 9.17) is 16.6 Å². The number of aromatic nitrogens is 4. The monoisotopic (exact) mass is 467 g/mol. The summed E-state index contributed by atoms with van der Waals surface area (Å²) in [4.78, 5) is 33.4. The van der Waals surface area contributed by atoms with Gasteiger partial charge in [0.2, 0.25) is 5.95 Å². The van der Waals surface area contributed by atoms with Crippen LogP contribution in [0, 0.1) is 19.7 Å². The smallest absolute Gasteiger partial charge is 0.312 e.